The van der Waals surface area contributed by atoms with Crippen LogP contribution in [0.15, 0.2) is 30.3 Å². The van der Waals surface area contributed by atoms with Crippen LogP contribution in [0.1, 0.15) is 64.4 Å². The van der Waals surface area contributed by atoms with Crippen molar-refractivity contribution < 1.29 is 4.79 Å². The van der Waals surface area contributed by atoms with Gasteiger partial charge in [-0.15, -0.1) is 0 Å². The molecule has 1 saturated carbocycles. The zero-order valence-electron chi connectivity index (χ0n) is 13.0. The number of carbonyl (C=O) groups is 1. The van der Waals surface area contributed by atoms with Gasteiger partial charge in [0.1, 0.15) is 6.29 Å². The fourth-order valence-corrected chi connectivity index (χ4v) is 3.65. The fourth-order valence-electron chi connectivity index (χ4n) is 3.65. The monoisotopic (exact) mass is 272 g/mol. The van der Waals surface area contributed by atoms with Crippen LogP contribution in [-0.4, -0.2) is 6.29 Å². The maximum atomic E-state index is 11.9. The summed E-state index contributed by atoms with van der Waals surface area (Å²) in [5.74, 6) is 1.27. The van der Waals surface area contributed by atoms with E-state index in [0.29, 0.717) is 5.92 Å². The molecule has 1 aromatic carbocycles. The second-order valence-electron chi connectivity index (χ2n) is 6.56. The Morgan fingerprint density at radius 1 is 1.25 bits per heavy atom. The molecule has 0 bridgehead atoms. The van der Waals surface area contributed by atoms with Crippen LogP contribution in [0.25, 0.3) is 0 Å². The first-order valence-corrected chi connectivity index (χ1v) is 8.24. The van der Waals surface area contributed by atoms with E-state index >= 15 is 0 Å². The van der Waals surface area contributed by atoms with Gasteiger partial charge in [-0.3, -0.25) is 0 Å². The standard InChI is InChI=1S/C19H28O/c1-3-4-6-14-18(16-10-9-11-16)19(2,15-20)17-12-7-5-8-13-17/h5,7-8,12-13,15-16,18H,3-4,6,9-11,14H2,1-2H3. The van der Waals surface area contributed by atoms with Gasteiger partial charge in [0.2, 0.25) is 0 Å². The lowest BCUT2D eigenvalue weighted by Crippen LogP contribution is -2.40. The van der Waals surface area contributed by atoms with Gasteiger partial charge in [0, 0.05) is 0 Å². The molecule has 0 saturated heterocycles. The molecule has 0 heterocycles. The summed E-state index contributed by atoms with van der Waals surface area (Å²) in [4.78, 5) is 11.9. The van der Waals surface area contributed by atoms with Crippen LogP contribution in [-0.2, 0) is 10.2 Å². The zero-order valence-corrected chi connectivity index (χ0v) is 13.0. The Balaban J connectivity index is 2.21. The van der Waals surface area contributed by atoms with E-state index in [4.69, 9.17) is 0 Å². The minimum absolute atomic E-state index is 0.305. The molecule has 1 nitrogen and oxygen atoms in total. The second kappa shape index (κ2) is 7.06. The van der Waals surface area contributed by atoms with Gasteiger partial charge in [0.05, 0.1) is 5.41 Å². The number of hydrogen-bond acceptors (Lipinski definition) is 1. The molecule has 0 amide bonds. The molecule has 1 aromatic rings. The Labute approximate surface area is 123 Å². The highest BCUT2D eigenvalue weighted by atomic mass is 16.1. The van der Waals surface area contributed by atoms with E-state index in [1.54, 1.807) is 0 Å². The summed E-state index contributed by atoms with van der Waals surface area (Å²) in [6.07, 6.45) is 10.2. The van der Waals surface area contributed by atoms with Crippen LogP contribution in [0.3, 0.4) is 0 Å². The Morgan fingerprint density at radius 2 is 1.95 bits per heavy atom. The van der Waals surface area contributed by atoms with Crippen LogP contribution in [0.2, 0.25) is 0 Å². The maximum absolute atomic E-state index is 11.9. The summed E-state index contributed by atoms with van der Waals surface area (Å²) in [7, 11) is 0. The lowest BCUT2D eigenvalue weighted by Gasteiger charge is -2.43. The third-order valence-electron chi connectivity index (χ3n) is 5.25. The summed E-state index contributed by atoms with van der Waals surface area (Å²) in [5, 5.41) is 0. The summed E-state index contributed by atoms with van der Waals surface area (Å²) < 4.78 is 0. The van der Waals surface area contributed by atoms with Crippen molar-refractivity contribution in [1.82, 2.24) is 0 Å². The molecule has 0 aliphatic heterocycles. The van der Waals surface area contributed by atoms with Gasteiger partial charge in [-0.1, -0.05) is 75.8 Å². The molecule has 2 unspecified atom stereocenters. The van der Waals surface area contributed by atoms with Crippen molar-refractivity contribution in [2.24, 2.45) is 11.8 Å². The predicted octanol–water partition coefficient (Wildman–Crippen LogP) is 5.14. The van der Waals surface area contributed by atoms with E-state index < -0.39 is 0 Å². The number of aldehydes is 1. The highest BCUT2D eigenvalue weighted by Gasteiger charge is 2.41. The van der Waals surface area contributed by atoms with Gasteiger partial charge in [0.25, 0.3) is 0 Å². The van der Waals surface area contributed by atoms with Crippen LogP contribution < -0.4 is 0 Å². The first-order valence-electron chi connectivity index (χ1n) is 8.24. The SMILES string of the molecule is CCCCCC(C1CCC1)C(C)(C=O)c1ccccc1. The zero-order chi connectivity index (χ0) is 14.4. The molecular formula is C19H28O. The van der Waals surface area contributed by atoms with Crippen molar-refractivity contribution in [1.29, 1.82) is 0 Å². The van der Waals surface area contributed by atoms with Crippen LogP contribution in [0.5, 0.6) is 0 Å². The van der Waals surface area contributed by atoms with Crippen molar-refractivity contribution in [3.05, 3.63) is 35.9 Å². The van der Waals surface area contributed by atoms with Gasteiger partial charge in [-0.2, -0.15) is 0 Å². The lowest BCUT2D eigenvalue weighted by molar-refractivity contribution is -0.115. The largest absolute Gasteiger partial charge is 0.302 e. The molecule has 1 heteroatoms. The van der Waals surface area contributed by atoms with E-state index in [1.807, 2.05) is 6.07 Å². The average Bonchev–Trinajstić information content (AvgIpc) is 2.44. The van der Waals surface area contributed by atoms with E-state index in [2.05, 4.69) is 38.1 Å². The second-order valence-corrected chi connectivity index (χ2v) is 6.56. The van der Waals surface area contributed by atoms with Crippen LogP contribution >= 0.6 is 0 Å². The molecule has 1 aliphatic carbocycles. The van der Waals surface area contributed by atoms with Crippen LogP contribution in [0.4, 0.5) is 0 Å². The van der Waals surface area contributed by atoms with Gasteiger partial charge in [-0.25, -0.2) is 0 Å². The summed E-state index contributed by atoms with van der Waals surface area (Å²) in [6.45, 7) is 4.40. The number of hydrogen-bond donors (Lipinski definition) is 0. The Hall–Kier alpha value is -1.11. The van der Waals surface area contributed by atoms with Crippen molar-refractivity contribution in [3.63, 3.8) is 0 Å². The first kappa shape index (κ1) is 15.3. The molecule has 110 valence electrons. The van der Waals surface area contributed by atoms with E-state index in [0.717, 1.165) is 5.92 Å². The topological polar surface area (TPSA) is 17.1 Å². The predicted molar refractivity (Wildman–Crippen MR) is 84.8 cm³/mol. The highest BCUT2D eigenvalue weighted by Crippen LogP contribution is 2.46. The smallest absolute Gasteiger partial charge is 0.130 e. The van der Waals surface area contributed by atoms with Crippen molar-refractivity contribution in [2.45, 2.75) is 64.2 Å². The first-order chi connectivity index (χ1) is 9.72. The Bertz CT molecular complexity index is 407. The van der Waals surface area contributed by atoms with Crippen molar-refractivity contribution in [2.75, 3.05) is 0 Å². The minimum Gasteiger partial charge on any atom is -0.302 e. The lowest BCUT2D eigenvalue weighted by atomic mass is 9.60. The van der Waals surface area contributed by atoms with Crippen molar-refractivity contribution in [3.8, 4) is 0 Å². The third-order valence-corrected chi connectivity index (χ3v) is 5.25. The quantitative estimate of drug-likeness (QED) is 0.473. The van der Waals surface area contributed by atoms with E-state index in [9.17, 15) is 4.79 Å². The van der Waals surface area contributed by atoms with Crippen LogP contribution in [0, 0.1) is 11.8 Å². The molecule has 0 N–H and O–H groups in total. The molecule has 2 rings (SSSR count). The molecule has 0 aromatic heterocycles. The van der Waals surface area contributed by atoms with E-state index in [-0.39, 0.29) is 5.41 Å². The number of carbonyl (C=O) groups excluding carboxylic acids is 1. The molecule has 20 heavy (non-hydrogen) atoms. The van der Waals surface area contributed by atoms with Crippen molar-refractivity contribution >= 4 is 6.29 Å². The average molecular weight is 272 g/mol. The Kier molecular flexibility index (Phi) is 5.39. The maximum Gasteiger partial charge on any atom is 0.130 e. The fraction of sp³-hybridized carbons (Fsp3) is 0.632. The van der Waals surface area contributed by atoms with E-state index in [1.165, 1.54) is 56.8 Å². The molecule has 2 atom stereocenters. The normalized spacial score (nSPS) is 19.9. The van der Waals surface area contributed by atoms with Gasteiger partial charge in [0.15, 0.2) is 0 Å². The summed E-state index contributed by atoms with van der Waals surface area (Å²) in [6, 6.07) is 10.4. The Morgan fingerprint density at radius 3 is 2.45 bits per heavy atom. The molecular weight excluding hydrogens is 244 g/mol. The highest BCUT2D eigenvalue weighted by molar-refractivity contribution is 5.68. The third kappa shape index (κ3) is 3.13. The summed E-state index contributed by atoms with van der Waals surface area (Å²) in [5.41, 5.74) is 0.892. The number of rotatable bonds is 8. The number of unbranched alkanes of at least 4 members (excludes halogenated alkanes) is 2. The van der Waals surface area contributed by atoms with Gasteiger partial charge >= 0.3 is 0 Å². The van der Waals surface area contributed by atoms with Gasteiger partial charge < -0.3 is 4.79 Å². The summed E-state index contributed by atoms with van der Waals surface area (Å²) >= 11 is 0. The number of benzene rings is 1. The molecule has 1 fully saturated rings. The molecule has 0 spiro atoms. The minimum atomic E-state index is -0.305. The molecule has 0 radical (unpaired) electrons. The molecule has 1 aliphatic rings. The van der Waals surface area contributed by atoms with Gasteiger partial charge in [-0.05, 0) is 30.7 Å².